The average Bonchev–Trinajstić information content (AvgIpc) is 3.27. The number of fused-ring (bicyclic) bond motifs is 2. The van der Waals surface area contributed by atoms with E-state index in [1.807, 2.05) is 30.7 Å². The maximum Gasteiger partial charge on any atom is 0.137 e. The van der Waals surface area contributed by atoms with Crippen molar-refractivity contribution in [1.29, 1.82) is 0 Å². The summed E-state index contributed by atoms with van der Waals surface area (Å²) in [5, 5.41) is 2.52. The fourth-order valence-corrected chi connectivity index (χ4v) is 4.11. The molecule has 0 spiro atoms. The fraction of sp³-hybridized carbons (Fsp3) is 0.300. The van der Waals surface area contributed by atoms with Crippen molar-refractivity contribution in [3.8, 4) is 0 Å². The van der Waals surface area contributed by atoms with E-state index in [9.17, 15) is 0 Å². The molecule has 0 unspecified atom stereocenters. The number of hydrogen-bond donors (Lipinski definition) is 2. The minimum absolute atomic E-state index is 0.624. The second-order valence-corrected chi connectivity index (χ2v) is 6.93. The molecule has 1 aliphatic heterocycles. The van der Waals surface area contributed by atoms with E-state index in [0.717, 1.165) is 25.3 Å². The molecular weight excluding hydrogens is 310 g/mol. The van der Waals surface area contributed by atoms with Crippen molar-refractivity contribution in [2.24, 2.45) is 0 Å². The van der Waals surface area contributed by atoms with Gasteiger partial charge in [-0.25, -0.2) is 4.98 Å². The number of pyridine rings is 2. The highest BCUT2D eigenvalue weighted by Crippen LogP contribution is 2.33. The Morgan fingerprint density at radius 3 is 2.88 bits per heavy atom. The first-order valence-corrected chi connectivity index (χ1v) is 8.93. The highest BCUT2D eigenvalue weighted by molar-refractivity contribution is 5.82. The lowest BCUT2D eigenvalue weighted by Gasteiger charge is -2.31. The molecule has 0 saturated carbocycles. The van der Waals surface area contributed by atoms with Gasteiger partial charge in [0.15, 0.2) is 0 Å². The predicted molar refractivity (Wildman–Crippen MR) is 99.4 cm³/mol. The Kier molecular flexibility index (Phi) is 3.52. The van der Waals surface area contributed by atoms with E-state index in [2.05, 4.69) is 43.3 Å². The molecule has 5 heterocycles. The average molecular weight is 331 g/mol. The Labute approximate surface area is 146 Å². The van der Waals surface area contributed by atoms with Gasteiger partial charge in [0.25, 0.3) is 0 Å². The Morgan fingerprint density at radius 2 is 1.96 bits per heavy atom. The number of nitrogens with zero attached hydrogens (tertiary/aromatic N) is 3. The topological polar surface area (TPSA) is 60.6 Å². The second kappa shape index (κ2) is 6.01. The zero-order chi connectivity index (χ0) is 16.6. The zero-order valence-corrected chi connectivity index (χ0v) is 14.1. The van der Waals surface area contributed by atoms with Crippen LogP contribution in [0.15, 0.2) is 49.2 Å². The molecule has 0 amide bonds. The molecule has 0 bridgehead atoms. The normalized spacial score (nSPS) is 16.8. The third-order valence-corrected chi connectivity index (χ3v) is 5.47. The third kappa shape index (κ3) is 2.61. The van der Waals surface area contributed by atoms with Gasteiger partial charge >= 0.3 is 0 Å². The van der Waals surface area contributed by atoms with Crippen molar-refractivity contribution in [1.82, 2.24) is 24.8 Å². The van der Waals surface area contributed by atoms with E-state index >= 15 is 0 Å². The molecule has 1 aliphatic rings. The Bertz CT molecular complexity index is 1010. The minimum Gasteiger partial charge on any atom is -0.361 e. The predicted octanol–water partition coefficient (Wildman–Crippen LogP) is 3.82. The third-order valence-electron chi connectivity index (χ3n) is 5.47. The van der Waals surface area contributed by atoms with Crippen molar-refractivity contribution in [2.45, 2.75) is 25.3 Å². The number of likely N-dealkylation sites (tertiary alicyclic amines) is 1. The molecule has 5 heteroatoms. The van der Waals surface area contributed by atoms with Gasteiger partial charge in [-0.05, 0) is 61.2 Å². The molecule has 2 N–H and O–H groups in total. The minimum atomic E-state index is 0.624. The van der Waals surface area contributed by atoms with E-state index in [-0.39, 0.29) is 0 Å². The summed E-state index contributed by atoms with van der Waals surface area (Å²) in [5.74, 6) is 0.624. The summed E-state index contributed by atoms with van der Waals surface area (Å²) in [7, 11) is 0. The molecule has 4 aromatic heterocycles. The van der Waals surface area contributed by atoms with Crippen LogP contribution in [0, 0.1) is 0 Å². The second-order valence-electron chi connectivity index (χ2n) is 6.93. The number of aromatic nitrogens is 4. The lowest BCUT2D eigenvalue weighted by Crippen LogP contribution is -2.32. The quantitative estimate of drug-likeness (QED) is 0.600. The smallest absolute Gasteiger partial charge is 0.137 e. The van der Waals surface area contributed by atoms with Crippen molar-refractivity contribution in [3.63, 3.8) is 0 Å². The molecule has 0 aliphatic carbocycles. The number of hydrogen-bond acceptors (Lipinski definition) is 3. The van der Waals surface area contributed by atoms with E-state index < -0.39 is 0 Å². The van der Waals surface area contributed by atoms with Gasteiger partial charge in [0.2, 0.25) is 0 Å². The van der Waals surface area contributed by atoms with Gasteiger partial charge in [0.05, 0.1) is 0 Å². The molecule has 5 nitrogen and oxygen atoms in total. The van der Waals surface area contributed by atoms with Crippen molar-refractivity contribution in [2.75, 3.05) is 13.1 Å². The highest BCUT2D eigenvalue weighted by atomic mass is 15.1. The first-order chi connectivity index (χ1) is 12.4. The molecule has 25 heavy (non-hydrogen) atoms. The summed E-state index contributed by atoms with van der Waals surface area (Å²) in [5.41, 5.74) is 4.95. The maximum atomic E-state index is 4.42. The molecule has 5 rings (SSSR count). The summed E-state index contributed by atoms with van der Waals surface area (Å²) in [6, 6.07) is 6.25. The summed E-state index contributed by atoms with van der Waals surface area (Å²) in [6.07, 6.45) is 12.3. The van der Waals surface area contributed by atoms with Crippen LogP contribution in [0.1, 0.15) is 29.9 Å². The molecule has 126 valence electrons. The summed E-state index contributed by atoms with van der Waals surface area (Å²) in [4.78, 5) is 17.9. The van der Waals surface area contributed by atoms with Crippen LogP contribution in [-0.2, 0) is 6.54 Å². The number of aromatic amines is 2. The van der Waals surface area contributed by atoms with Gasteiger partial charge in [-0.1, -0.05) is 0 Å². The van der Waals surface area contributed by atoms with E-state index in [4.69, 9.17) is 0 Å². The van der Waals surface area contributed by atoms with E-state index in [1.54, 1.807) is 0 Å². The van der Waals surface area contributed by atoms with E-state index in [1.165, 1.54) is 40.3 Å². The van der Waals surface area contributed by atoms with Gasteiger partial charge in [0, 0.05) is 53.8 Å². The number of nitrogens with one attached hydrogen (secondary N) is 2. The van der Waals surface area contributed by atoms with Crippen molar-refractivity contribution in [3.05, 3.63) is 60.3 Å². The van der Waals surface area contributed by atoms with Crippen LogP contribution >= 0.6 is 0 Å². The zero-order valence-electron chi connectivity index (χ0n) is 14.1. The van der Waals surface area contributed by atoms with Gasteiger partial charge in [-0.15, -0.1) is 0 Å². The number of rotatable bonds is 3. The molecule has 1 saturated heterocycles. The fourth-order valence-electron chi connectivity index (χ4n) is 4.11. The first kappa shape index (κ1) is 14.7. The highest BCUT2D eigenvalue weighted by Gasteiger charge is 2.23. The summed E-state index contributed by atoms with van der Waals surface area (Å²) >= 11 is 0. The lowest BCUT2D eigenvalue weighted by molar-refractivity contribution is 0.206. The van der Waals surface area contributed by atoms with Crippen LogP contribution < -0.4 is 0 Å². The van der Waals surface area contributed by atoms with Gasteiger partial charge in [-0.3, -0.25) is 9.88 Å². The molecule has 0 radical (unpaired) electrons. The monoisotopic (exact) mass is 331 g/mol. The Hall–Kier alpha value is -2.66. The molecule has 0 atom stereocenters. The SMILES string of the molecule is c1cnc2[nH]cc(C3CCN(Cc4c[nH]c5ccncc45)CC3)c2c1. The largest absolute Gasteiger partial charge is 0.361 e. The molecule has 4 aromatic rings. The Balaban J connectivity index is 1.30. The van der Waals surface area contributed by atoms with Crippen LogP contribution in [-0.4, -0.2) is 37.9 Å². The Morgan fingerprint density at radius 1 is 1.04 bits per heavy atom. The van der Waals surface area contributed by atoms with Crippen molar-refractivity contribution < 1.29 is 0 Å². The molecule has 0 aromatic carbocycles. The molecule has 1 fully saturated rings. The molecular formula is C20H21N5. The van der Waals surface area contributed by atoms with Crippen molar-refractivity contribution >= 4 is 21.9 Å². The van der Waals surface area contributed by atoms with Gasteiger partial charge < -0.3 is 9.97 Å². The first-order valence-electron chi connectivity index (χ1n) is 8.93. The maximum absolute atomic E-state index is 4.42. The van der Waals surface area contributed by atoms with Crippen LogP contribution in [0.5, 0.6) is 0 Å². The van der Waals surface area contributed by atoms with Crippen LogP contribution in [0.2, 0.25) is 0 Å². The van der Waals surface area contributed by atoms with Crippen LogP contribution in [0.3, 0.4) is 0 Å². The van der Waals surface area contributed by atoms with Gasteiger partial charge in [0.1, 0.15) is 5.65 Å². The van der Waals surface area contributed by atoms with Crippen LogP contribution in [0.4, 0.5) is 0 Å². The number of piperidine rings is 1. The lowest BCUT2D eigenvalue weighted by atomic mass is 9.89. The summed E-state index contributed by atoms with van der Waals surface area (Å²) in [6.45, 7) is 3.25. The van der Waals surface area contributed by atoms with E-state index in [0.29, 0.717) is 5.92 Å². The standard InChI is InChI=1S/C20H21N5/c1-2-16-17(12-24-20(16)22-6-1)14-4-8-25(9-5-14)13-15-10-23-19-3-7-21-11-18(15)19/h1-3,6-7,10-12,14,23H,4-5,8-9,13H2,(H,22,24). The van der Waals surface area contributed by atoms with Crippen LogP contribution in [0.25, 0.3) is 21.9 Å². The summed E-state index contributed by atoms with van der Waals surface area (Å²) < 4.78 is 0. The van der Waals surface area contributed by atoms with Gasteiger partial charge in [-0.2, -0.15) is 0 Å². The number of H-pyrrole nitrogens is 2.